The van der Waals surface area contributed by atoms with Gasteiger partial charge in [-0.25, -0.2) is 19.1 Å². The number of aliphatic hydroxyl groups is 1. The second-order valence-electron chi connectivity index (χ2n) is 9.90. The zero-order valence-electron chi connectivity index (χ0n) is 21.9. The Morgan fingerprint density at radius 2 is 1.77 bits per heavy atom. The second kappa shape index (κ2) is 11.5. The van der Waals surface area contributed by atoms with Crippen molar-refractivity contribution in [3.05, 3.63) is 81.3 Å². The van der Waals surface area contributed by atoms with Gasteiger partial charge in [0.25, 0.3) is 5.91 Å². The summed E-state index contributed by atoms with van der Waals surface area (Å²) < 4.78 is 83.4. The van der Waals surface area contributed by atoms with Crippen LogP contribution in [0, 0.1) is 5.92 Å². The van der Waals surface area contributed by atoms with Crippen LogP contribution in [0.25, 0.3) is 17.1 Å². The summed E-state index contributed by atoms with van der Waals surface area (Å²) in [4.78, 5) is 29.9. The lowest BCUT2D eigenvalue weighted by molar-refractivity contribution is -0.207. The number of hydrogen-bond donors (Lipinski definition) is 2. The van der Waals surface area contributed by atoms with Crippen LogP contribution in [0.2, 0.25) is 5.02 Å². The Morgan fingerprint density at radius 3 is 2.40 bits per heavy atom. The average Bonchev–Trinajstić information content (AvgIpc) is 3.59. The highest BCUT2D eigenvalue weighted by Crippen LogP contribution is 2.35. The van der Waals surface area contributed by atoms with Crippen LogP contribution in [0.1, 0.15) is 34.6 Å². The number of rotatable bonds is 9. The minimum atomic E-state index is -5.03. The number of alkyl halides is 6. The number of carbonyl (C=O) groups is 1. The van der Waals surface area contributed by atoms with Crippen molar-refractivity contribution in [1.29, 1.82) is 0 Å². The summed E-state index contributed by atoms with van der Waals surface area (Å²) in [5.41, 5.74) is -2.92. The molecule has 0 aliphatic heterocycles. The average molecular weight is 630 g/mol. The highest BCUT2D eigenvalue weighted by molar-refractivity contribution is 6.30. The van der Waals surface area contributed by atoms with E-state index in [1.54, 1.807) is 0 Å². The Bertz CT molecular complexity index is 1690. The summed E-state index contributed by atoms with van der Waals surface area (Å²) >= 11 is 5.89. The summed E-state index contributed by atoms with van der Waals surface area (Å²) in [6.45, 7) is -1.43. The quantitative estimate of drug-likeness (QED) is 0.270. The number of hydrogen-bond acceptors (Lipinski definition) is 6. The number of nitrogens with zero attached hydrogens (tertiary/aromatic N) is 6. The monoisotopic (exact) mass is 629 g/mol. The normalized spacial score (nSPS) is 14.6. The van der Waals surface area contributed by atoms with E-state index < -0.39 is 54.4 Å². The van der Waals surface area contributed by atoms with Crippen molar-refractivity contribution in [2.75, 3.05) is 6.54 Å². The van der Waals surface area contributed by atoms with Gasteiger partial charge in [0, 0.05) is 17.1 Å². The molecule has 1 saturated carbocycles. The Hall–Kier alpha value is -4.18. The van der Waals surface area contributed by atoms with Crippen molar-refractivity contribution >= 4 is 17.5 Å². The van der Waals surface area contributed by atoms with Gasteiger partial charge in [0.05, 0.1) is 23.4 Å². The number of nitrogens with one attached hydrogen (secondary N) is 1. The first-order valence-electron chi connectivity index (χ1n) is 12.8. The van der Waals surface area contributed by atoms with Gasteiger partial charge in [0.1, 0.15) is 12.9 Å². The van der Waals surface area contributed by atoms with Crippen LogP contribution in [0.4, 0.5) is 26.3 Å². The summed E-state index contributed by atoms with van der Waals surface area (Å²) in [7, 11) is 0. The molecule has 4 aromatic rings. The third-order valence-corrected chi connectivity index (χ3v) is 6.90. The zero-order valence-corrected chi connectivity index (χ0v) is 22.7. The fourth-order valence-electron chi connectivity index (χ4n) is 4.27. The van der Waals surface area contributed by atoms with Gasteiger partial charge in [-0.1, -0.05) is 17.7 Å². The lowest BCUT2D eigenvalue weighted by Gasteiger charge is -2.16. The summed E-state index contributed by atoms with van der Waals surface area (Å²) in [5, 5.41) is 20.7. The maximum Gasteiger partial charge on any atom is 0.418 e. The predicted octanol–water partition coefficient (Wildman–Crippen LogP) is 4.08. The SMILES string of the molecule is O=C(NCC1CC1)c1cccc(C(F)(F)F)c1-n1cnc(Cn2nc(-c3ccc(Cl)cc3)n(CC(O)C(F)(F)F)c2=O)n1. The number of aromatic nitrogens is 6. The van der Waals surface area contributed by atoms with Gasteiger partial charge in [-0.2, -0.15) is 26.3 Å². The molecule has 1 aliphatic carbocycles. The van der Waals surface area contributed by atoms with Crippen molar-refractivity contribution in [1.82, 2.24) is 34.4 Å². The molecular weight excluding hydrogens is 608 g/mol. The van der Waals surface area contributed by atoms with Crippen LogP contribution in [-0.4, -0.2) is 59.0 Å². The van der Waals surface area contributed by atoms with E-state index in [2.05, 4.69) is 20.5 Å². The topological polar surface area (TPSA) is 120 Å². The Kier molecular flexibility index (Phi) is 8.09. The predicted molar refractivity (Wildman–Crippen MR) is 140 cm³/mol. The first-order chi connectivity index (χ1) is 20.2. The number of benzene rings is 2. The summed E-state index contributed by atoms with van der Waals surface area (Å²) in [5.74, 6) is -0.936. The van der Waals surface area contributed by atoms with Crippen LogP contribution in [0.5, 0.6) is 0 Å². The van der Waals surface area contributed by atoms with Gasteiger partial charge in [0.2, 0.25) is 0 Å². The second-order valence-corrected chi connectivity index (χ2v) is 10.3. The maximum atomic E-state index is 14.0. The molecule has 17 heteroatoms. The van der Waals surface area contributed by atoms with E-state index in [4.69, 9.17) is 11.6 Å². The van der Waals surface area contributed by atoms with E-state index >= 15 is 0 Å². The molecule has 10 nitrogen and oxygen atoms in total. The van der Waals surface area contributed by atoms with E-state index in [9.17, 15) is 41.0 Å². The summed E-state index contributed by atoms with van der Waals surface area (Å²) in [6.07, 6.45) is -10.1. The van der Waals surface area contributed by atoms with E-state index in [0.29, 0.717) is 20.8 Å². The van der Waals surface area contributed by atoms with Gasteiger partial charge < -0.3 is 10.4 Å². The number of carbonyl (C=O) groups excluding carboxylic acids is 1. The molecule has 0 radical (unpaired) electrons. The molecule has 1 aliphatic rings. The number of aliphatic hydroxyl groups excluding tert-OH is 1. The highest BCUT2D eigenvalue weighted by Gasteiger charge is 2.40. The van der Waals surface area contributed by atoms with Gasteiger partial charge in [0.15, 0.2) is 17.8 Å². The molecule has 0 saturated heterocycles. The van der Waals surface area contributed by atoms with E-state index in [0.717, 1.165) is 36.0 Å². The van der Waals surface area contributed by atoms with Crippen molar-refractivity contribution in [3.63, 3.8) is 0 Å². The number of amides is 1. The van der Waals surface area contributed by atoms with Crippen molar-refractivity contribution in [2.45, 2.75) is 44.4 Å². The number of para-hydroxylation sites is 1. The molecule has 43 heavy (non-hydrogen) atoms. The molecule has 1 fully saturated rings. The molecule has 1 amide bonds. The van der Waals surface area contributed by atoms with Gasteiger partial charge >= 0.3 is 18.0 Å². The maximum absolute atomic E-state index is 14.0. The lowest BCUT2D eigenvalue weighted by atomic mass is 10.1. The molecule has 2 aromatic heterocycles. The van der Waals surface area contributed by atoms with E-state index in [1.165, 1.54) is 30.3 Å². The molecule has 0 bridgehead atoms. The van der Waals surface area contributed by atoms with Gasteiger partial charge in [-0.3, -0.25) is 9.36 Å². The Balaban J connectivity index is 1.51. The zero-order chi connectivity index (χ0) is 31.1. The van der Waals surface area contributed by atoms with Crippen molar-refractivity contribution in [3.8, 4) is 17.1 Å². The van der Waals surface area contributed by atoms with Crippen molar-refractivity contribution < 1.29 is 36.2 Å². The fraction of sp³-hybridized carbons (Fsp3) is 0.346. The number of halogens is 7. The van der Waals surface area contributed by atoms with Crippen LogP contribution in [0.3, 0.4) is 0 Å². The van der Waals surface area contributed by atoms with Crippen molar-refractivity contribution in [2.24, 2.45) is 5.92 Å². The molecule has 1 atom stereocenters. The highest BCUT2D eigenvalue weighted by atomic mass is 35.5. The minimum Gasteiger partial charge on any atom is -0.382 e. The third kappa shape index (κ3) is 6.74. The molecule has 0 spiro atoms. The smallest absolute Gasteiger partial charge is 0.382 e. The van der Waals surface area contributed by atoms with Crippen LogP contribution < -0.4 is 11.0 Å². The van der Waals surface area contributed by atoms with Gasteiger partial charge in [-0.15, -0.1) is 10.2 Å². The first kappa shape index (κ1) is 30.3. The third-order valence-electron chi connectivity index (χ3n) is 6.65. The molecule has 2 N–H and O–H groups in total. The lowest BCUT2D eigenvalue weighted by Crippen LogP contribution is -2.37. The standard InChI is InChI=1S/C26H22ClF6N7O3/c27-16-8-6-15(7-9-16)22-37-39(24(43)38(22)11-19(41)26(31,32)33)12-20-35-13-40(36-20)21-17(23(42)34-10-14-4-5-14)2-1-3-18(21)25(28,29)30/h1-3,6-9,13-14,19,41H,4-5,10-12H2,(H,34,42). The molecule has 1 unspecified atom stereocenters. The van der Waals surface area contributed by atoms with Crippen LogP contribution in [-0.2, 0) is 19.3 Å². The van der Waals surface area contributed by atoms with E-state index in [1.807, 2.05) is 0 Å². The Labute approximate surface area is 243 Å². The molecular formula is C26H22ClF6N7O3. The van der Waals surface area contributed by atoms with Gasteiger partial charge in [-0.05, 0) is 55.2 Å². The molecule has 2 aromatic carbocycles. The molecule has 5 rings (SSSR count). The first-order valence-corrected chi connectivity index (χ1v) is 13.2. The fourth-order valence-corrected chi connectivity index (χ4v) is 4.39. The minimum absolute atomic E-state index is 0.203. The van der Waals surface area contributed by atoms with Crippen LogP contribution in [0.15, 0.2) is 53.6 Å². The molecule has 228 valence electrons. The van der Waals surface area contributed by atoms with Crippen LogP contribution >= 0.6 is 11.6 Å². The Morgan fingerprint density at radius 1 is 1.07 bits per heavy atom. The summed E-state index contributed by atoms with van der Waals surface area (Å²) in [6, 6.07) is 8.74. The van der Waals surface area contributed by atoms with E-state index in [-0.39, 0.29) is 28.7 Å². The molecule has 2 heterocycles. The largest absolute Gasteiger partial charge is 0.418 e.